The topological polar surface area (TPSA) is 81.2 Å². The van der Waals surface area contributed by atoms with E-state index in [9.17, 15) is 9.90 Å². The van der Waals surface area contributed by atoms with Crippen LogP contribution in [-0.4, -0.2) is 34.3 Å². The van der Waals surface area contributed by atoms with Crippen LogP contribution in [0.15, 0.2) is 54.7 Å². The van der Waals surface area contributed by atoms with Gasteiger partial charge >= 0.3 is 6.09 Å². The van der Waals surface area contributed by atoms with Gasteiger partial charge in [0, 0.05) is 52.6 Å². The molecule has 2 heterocycles. The van der Waals surface area contributed by atoms with Crippen molar-refractivity contribution in [1.29, 1.82) is 0 Å². The Balaban J connectivity index is 1.19. The number of rotatable bonds is 8. The fraction of sp³-hybridized carbons (Fsp3) is 0.333. The number of nitrogens with zero attached hydrogens (tertiary/aromatic N) is 2. The molecule has 3 N–H and O–H groups in total. The molecular formula is C27H30N4O2. The summed E-state index contributed by atoms with van der Waals surface area (Å²) >= 11 is 0. The molecule has 4 aromatic rings. The molecule has 2 aromatic carbocycles. The van der Waals surface area contributed by atoms with Crippen LogP contribution < -0.4 is 10.2 Å². The Hall–Kier alpha value is -3.54. The molecule has 0 bridgehead atoms. The maximum Gasteiger partial charge on any atom is 0.411 e. The van der Waals surface area contributed by atoms with Gasteiger partial charge in [0.15, 0.2) is 0 Å². The third-order valence-corrected chi connectivity index (χ3v) is 6.61. The van der Waals surface area contributed by atoms with Crippen molar-refractivity contribution in [1.82, 2.24) is 9.97 Å². The number of hydrogen-bond donors (Lipinski definition) is 3. The number of hydrogen-bond acceptors (Lipinski definition) is 3. The van der Waals surface area contributed by atoms with Gasteiger partial charge in [-0.3, -0.25) is 9.88 Å². The highest BCUT2D eigenvalue weighted by molar-refractivity contribution is 5.93. The lowest BCUT2D eigenvalue weighted by molar-refractivity contribution is 0.201. The second-order valence-electron chi connectivity index (χ2n) is 8.81. The van der Waals surface area contributed by atoms with Gasteiger partial charge in [-0.1, -0.05) is 18.2 Å². The van der Waals surface area contributed by atoms with Crippen LogP contribution in [-0.2, 0) is 12.8 Å². The number of aromatic nitrogens is 2. The van der Waals surface area contributed by atoms with Gasteiger partial charge in [0.05, 0.1) is 5.52 Å². The number of benzene rings is 2. The highest BCUT2D eigenvalue weighted by Crippen LogP contribution is 2.33. The van der Waals surface area contributed by atoms with Gasteiger partial charge in [-0.15, -0.1) is 0 Å². The van der Waals surface area contributed by atoms with E-state index in [2.05, 4.69) is 34.6 Å². The van der Waals surface area contributed by atoms with Crippen LogP contribution in [0.2, 0.25) is 0 Å². The van der Waals surface area contributed by atoms with Gasteiger partial charge in [0.2, 0.25) is 0 Å². The monoisotopic (exact) mass is 442 g/mol. The first-order valence-electron chi connectivity index (χ1n) is 11.9. The smallest absolute Gasteiger partial charge is 0.411 e. The van der Waals surface area contributed by atoms with Crippen molar-refractivity contribution >= 4 is 39.3 Å². The second kappa shape index (κ2) is 9.53. The summed E-state index contributed by atoms with van der Waals surface area (Å²) in [6.45, 7) is 1.38. The zero-order valence-corrected chi connectivity index (χ0v) is 18.8. The largest absolute Gasteiger partial charge is 0.465 e. The first-order chi connectivity index (χ1) is 16.2. The fourth-order valence-corrected chi connectivity index (χ4v) is 4.90. The number of aryl methyl sites for hydroxylation is 1. The van der Waals surface area contributed by atoms with Crippen LogP contribution in [0, 0.1) is 0 Å². The first-order valence-corrected chi connectivity index (χ1v) is 11.9. The first kappa shape index (κ1) is 21.3. The standard InChI is InChI=1S/C27H30N4O2/c32-27(33)31(20-12-13-23-19(18-20)14-16-28-23)17-7-1-6-15-29-26-21-8-2-4-10-24(21)30-25-11-5-3-9-22(25)26/h2,4,8,10,12-14,16,18,28H,1,3,5-7,9,11,15,17H2,(H,29,30)(H,32,33). The summed E-state index contributed by atoms with van der Waals surface area (Å²) in [6, 6.07) is 16.1. The molecule has 6 nitrogen and oxygen atoms in total. The third-order valence-electron chi connectivity index (χ3n) is 6.61. The molecule has 0 fully saturated rings. The van der Waals surface area contributed by atoms with E-state index in [1.54, 1.807) is 0 Å². The summed E-state index contributed by atoms with van der Waals surface area (Å²) < 4.78 is 0. The van der Waals surface area contributed by atoms with Crippen molar-refractivity contribution in [2.45, 2.75) is 44.9 Å². The molecule has 33 heavy (non-hydrogen) atoms. The molecule has 0 saturated heterocycles. The van der Waals surface area contributed by atoms with Crippen LogP contribution in [0.3, 0.4) is 0 Å². The molecule has 0 radical (unpaired) electrons. The molecule has 6 heteroatoms. The number of fused-ring (bicyclic) bond motifs is 3. The van der Waals surface area contributed by atoms with E-state index in [1.807, 2.05) is 30.5 Å². The summed E-state index contributed by atoms with van der Waals surface area (Å²) in [6.07, 6.45) is 8.35. The van der Waals surface area contributed by atoms with E-state index >= 15 is 0 Å². The Bertz CT molecular complexity index is 1280. The van der Waals surface area contributed by atoms with Crippen molar-refractivity contribution in [3.8, 4) is 0 Å². The van der Waals surface area contributed by atoms with Gasteiger partial charge in [0.25, 0.3) is 0 Å². The minimum atomic E-state index is -0.905. The molecule has 0 atom stereocenters. The molecule has 170 valence electrons. The Labute approximate surface area is 193 Å². The lowest BCUT2D eigenvalue weighted by Crippen LogP contribution is -2.30. The summed E-state index contributed by atoms with van der Waals surface area (Å²) in [5.41, 5.74) is 6.69. The van der Waals surface area contributed by atoms with Crippen LogP contribution in [0.4, 0.5) is 16.2 Å². The van der Waals surface area contributed by atoms with E-state index in [0.717, 1.165) is 60.8 Å². The Kier molecular flexibility index (Phi) is 6.15. The SMILES string of the molecule is O=C(O)N(CCCCCNc1c2c(nc3ccccc13)CCCC2)c1ccc2[nH]ccc2c1. The van der Waals surface area contributed by atoms with Crippen molar-refractivity contribution in [2.75, 3.05) is 23.3 Å². The minimum Gasteiger partial charge on any atom is -0.465 e. The van der Waals surface area contributed by atoms with E-state index < -0.39 is 6.09 Å². The molecule has 2 aromatic heterocycles. The molecule has 0 aliphatic heterocycles. The number of H-pyrrole nitrogens is 1. The van der Waals surface area contributed by atoms with Crippen molar-refractivity contribution in [3.05, 3.63) is 66.0 Å². The molecular weight excluding hydrogens is 412 g/mol. The maximum absolute atomic E-state index is 11.8. The fourth-order valence-electron chi connectivity index (χ4n) is 4.90. The van der Waals surface area contributed by atoms with Crippen molar-refractivity contribution < 1.29 is 9.90 Å². The number of anilines is 2. The van der Waals surface area contributed by atoms with Gasteiger partial charge in [-0.2, -0.15) is 0 Å². The average Bonchev–Trinajstić information content (AvgIpc) is 3.30. The van der Waals surface area contributed by atoms with E-state index in [1.165, 1.54) is 40.1 Å². The van der Waals surface area contributed by atoms with E-state index in [4.69, 9.17) is 4.98 Å². The highest BCUT2D eigenvalue weighted by atomic mass is 16.4. The Morgan fingerprint density at radius 2 is 1.94 bits per heavy atom. The zero-order valence-electron chi connectivity index (χ0n) is 18.8. The van der Waals surface area contributed by atoms with Gasteiger partial charge < -0.3 is 15.4 Å². The van der Waals surface area contributed by atoms with E-state index in [-0.39, 0.29) is 0 Å². The predicted octanol–water partition coefficient (Wildman–Crippen LogP) is 6.36. The molecule has 1 aliphatic carbocycles. The molecule has 1 amide bonds. The number of aromatic amines is 1. The lowest BCUT2D eigenvalue weighted by atomic mass is 9.92. The van der Waals surface area contributed by atoms with Crippen molar-refractivity contribution in [3.63, 3.8) is 0 Å². The normalized spacial score (nSPS) is 13.2. The number of para-hydroxylation sites is 1. The van der Waals surface area contributed by atoms with Crippen molar-refractivity contribution in [2.24, 2.45) is 0 Å². The van der Waals surface area contributed by atoms with Gasteiger partial charge in [-0.25, -0.2) is 4.79 Å². The lowest BCUT2D eigenvalue weighted by Gasteiger charge is -2.22. The maximum atomic E-state index is 11.8. The average molecular weight is 443 g/mol. The second-order valence-corrected chi connectivity index (χ2v) is 8.81. The highest BCUT2D eigenvalue weighted by Gasteiger charge is 2.18. The summed E-state index contributed by atoms with van der Waals surface area (Å²) in [4.78, 5) is 21.3. The quantitative estimate of drug-likeness (QED) is 0.277. The summed E-state index contributed by atoms with van der Waals surface area (Å²) in [5, 5.41) is 15.6. The molecule has 0 spiro atoms. The molecule has 0 unspecified atom stereocenters. The number of carbonyl (C=O) groups is 1. The van der Waals surface area contributed by atoms with Crippen LogP contribution in [0.5, 0.6) is 0 Å². The molecule has 5 rings (SSSR count). The number of carboxylic acid groups (broad SMARTS) is 1. The van der Waals surface area contributed by atoms with E-state index in [0.29, 0.717) is 6.54 Å². The van der Waals surface area contributed by atoms with Crippen LogP contribution >= 0.6 is 0 Å². The Morgan fingerprint density at radius 1 is 1.06 bits per heavy atom. The third kappa shape index (κ3) is 4.51. The number of pyridine rings is 1. The van der Waals surface area contributed by atoms with Gasteiger partial charge in [-0.05, 0) is 80.8 Å². The molecule has 0 saturated carbocycles. The Morgan fingerprint density at radius 3 is 2.85 bits per heavy atom. The zero-order chi connectivity index (χ0) is 22.6. The number of amides is 1. The minimum absolute atomic E-state index is 0.499. The van der Waals surface area contributed by atoms with Gasteiger partial charge in [0.1, 0.15) is 0 Å². The molecule has 1 aliphatic rings. The number of nitrogens with one attached hydrogen (secondary N) is 2. The predicted molar refractivity (Wildman–Crippen MR) is 134 cm³/mol. The number of unbranched alkanes of at least 4 members (excludes halogenated alkanes) is 2. The summed E-state index contributed by atoms with van der Waals surface area (Å²) in [5.74, 6) is 0. The summed E-state index contributed by atoms with van der Waals surface area (Å²) in [7, 11) is 0. The van der Waals surface area contributed by atoms with Crippen LogP contribution in [0.25, 0.3) is 21.8 Å². The van der Waals surface area contributed by atoms with Crippen LogP contribution in [0.1, 0.15) is 43.4 Å².